The van der Waals surface area contributed by atoms with Gasteiger partial charge >= 0.3 is 0 Å². The van der Waals surface area contributed by atoms with Gasteiger partial charge in [0.2, 0.25) is 5.91 Å². The van der Waals surface area contributed by atoms with Crippen LogP contribution in [0.5, 0.6) is 0 Å². The first-order valence-electron chi connectivity index (χ1n) is 7.25. The molecule has 1 amide bonds. The zero-order valence-electron chi connectivity index (χ0n) is 12.3. The van der Waals surface area contributed by atoms with Gasteiger partial charge in [-0.3, -0.25) is 4.79 Å². The second-order valence-electron chi connectivity index (χ2n) is 5.68. The van der Waals surface area contributed by atoms with Crippen molar-refractivity contribution in [3.8, 4) is 0 Å². The predicted octanol–water partition coefficient (Wildman–Crippen LogP) is 2.63. The summed E-state index contributed by atoms with van der Waals surface area (Å²) in [5.74, 6) is 0.323. The largest absolute Gasteiger partial charge is 0.396 e. The molecule has 0 bridgehead atoms. The van der Waals surface area contributed by atoms with E-state index >= 15 is 0 Å². The third kappa shape index (κ3) is 3.70. The van der Waals surface area contributed by atoms with Gasteiger partial charge in [-0.25, -0.2) is 0 Å². The first kappa shape index (κ1) is 14.8. The van der Waals surface area contributed by atoms with Crippen molar-refractivity contribution in [2.45, 2.75) is 26.7 Å². The molecule has 20 heavy (non-hydrogen) atoms. The van der Waals surface area contributed by atoms with Gasteiger partial charge in [-0.2, -0.15) is 0 Å². The summed E-state index contributed by atoms with van der Waals surface area (Å²) in [5, 5.41) is 9.24. The highest BCUT2D eigenvalue weighted by Gasteiger charge is 2.23. The Morgan fingerprint density at radius 1 is 1.40 bits per heavy atom. The Morgan fingerprint density at radius 2 is 2.10 bits per heavy atom. The summed E-state index contributed by atoms with van der Waals surface area (Å²) < 4.78 is 0. The summed E-state index contributed by atoms with van der Waals surface area (Å²) in [7, 11) is 0. The number of nitrogens with zero attached hydrogens (tertiary/aromatic N) is 1. The third-order valence-corrected chi connectivity index (χ3v) is 3.86. The molecule has 1 heterocycles. The van der Waals surface area contributed by atoms with Crippen LogP contribution < -0.4 is 0 Å². The SMILES string of the molecule is C/C(=C/c1ccc(C)cc1)C(=O)N1CCCC(CO)C1. The molecule has 1 N–H and O–H groups in total. The second-order valence-corrected chi connectivity index (χ2v) is 5.68. The minimum Gasteiger partial charge on any atom is -0.396 e. The molecule has 3 nitrogen and oxygen atoms in total. The Bertz CT molecular complexity index is 490. The topological polar surface area (TPSA) is 40.5 Å². The first-order valence-corrected chi connectivity index (χ1v) is 7.25. The fourth-order valence-electron chi connectivity index (χ4n) is 2.62. The van der Waals surface area contributed by atoms with Gasteiger partial charge in [-0.15, -0.1) is 0 Å². The van der Waals surface area contributed by atoms with Crippen LogP contribution in [0.3, 0.4) is 0 Å². The summed E-state index contributed by atoms with van der Waals surface area (Å²) in [6, 6.07) is 8.15. The maximum atomic E-state index is 12.4. The number of piperidine rings is 1. The predicted molar refractivity (Wildman–Crippen MR) is 81.2 cm³/mol. The van der Waals surface area contributed by atoms with E-state index in [0.29, 0.717) is 6.54 Å². The van der Waals surface area contributed by atoms with Crippen molar-refractivity contribution in [2.24, 2.45) is 5.92 Å². The van der Waals surface area contributed by atoms with Crippen molar-refractivity contribution in [3.63, 3.8) is 0 Å². The van der Waals surface area contributed by atoms with E-state index in [1.807, 2.05) is 49.1 Å². The minimum absolute atomic E-state index is 0.0868. The first-order chi connectivity index (χ1) is 9.60. The van der Waals surface area contributed by atoms with Crippen LogP contribution in [0.25, 0.3) is 6.08 Å². The molecule has 108 valence electrons. The van der Waals surface area contributed by atoms with Crippen molar-refractivity contribution in [1.82, 2.24) is 4.90 Å². The molecule has 1 aliphatic heterocycles. The zero-order valence-corrected chi connectivity index (χ0v) is 12.3. The van der Waals surface area contributed by atoms with Crippen molar-refractivity contribution in [3.05, 3.63) is 41.0 Å². The number of carbonyl (C=O) groups is 1. The molecular formula is C17H23NO2. The lowest BCUT2D eigenvalue weighted by molar-refractivity contribution is -0.129. The lowest BCUT2D eigenvalue weighted by Crippen LogP contribution is -2.41. The number of aliphatic hydroxyl groups is 1. The van der Waals surface area contributed by atoms with Crippen molar-refractivity contribution in [2.75, 3.05) is 19.7 Å². The average molecular weight is 273 g/mol. The standard InChI is InChI=1S/C17H23NO2/c1-13-5-7-15(8-6-13)10-14(2)17(20)18-9-3-4-16(11-18)12-19/h5-8,10,16,19H,3-4,9,11-12H2,1-2H3/b14-10-. The van der Waals surface area contributed by atoms with Crippen LogP contribution in [-0.2, 0) is 4.79 Å². The number of amides is 1. The second kappa shape index (κ2) is 6.71. The van der Waals surface area contributed by atoms with Gasteiger partial charge < -0.3 is 10.0 Å². The number of carbonyl (C=O) groups excluding carboxylic acids is 1. The summed E-state index contributed by atoms with van der Waals surface area (Å²) in [5.41, 5.74) is 3.03. The van der Waals surface area contributed by atoms with Gasteiger partial charge in [0.05, 0.1) is 0 Å². The molecule has 0 saturated carbocycles. The quantitative estimate of drug-likeness (QED) is 0.860. The molecule has 0 spiro atoms. The van der Waals surface area contributed by atoms with E-state index in [4.69, 9.17) is 0 Å². The summed E-state index contributed by atoms with van der Waals surface area (Å²) in [6.45, 7) is 5.56. The molecule has 0 aliphatic carbocycles. The molecule has 1 saturated heterocycles. The number of hydrogen-bond donors (Lipinski definition) is 1. The molecule has 1 aromatic rings. The van der Waals surface area contributed by atoms with Crippen molar-refractivity contribution >= 4 is 12.0 Å². The van der Waals surface area contributed by atoms with E-state index < -0.39 is 0 Å². The van der Waals surface area contributed by atoms with Crippen LogP contribution in [0.15, 0.2) is 29.8 Å². The summed E-state index contributed by atoms with van der Waals surface area (Å²) in [4.78, 5) is 14.3. The van der Waals surface area contributed by atoms with Crippen LogP contribution >= 0.6 is 0 Å². The minimum atomic E-state index is 0.0868. The van der Waals surface area contributed by atoms with Crippen LogP contribution in [0.2, 0.25) is 0 Å². The highest BCUT2D eigenvalue weighted by atomic mass is 16.3. The van der Waals surface area contributed by atoms with E-state index in [0.717, 1.165) is 30.5 Å². The van der Waals surface area contributed by atoms with E-state index in [1.165, 1.54) is 5.56 Å². The number of hydrogen-bond acceptors (Lipinski definition) is 2. The summed E-state index contributed by atoms with van der Waals surface area (Å²) in [6.07, 6.45) is 3.93. The van der Waals surface area contributed by atoms with E-state index in [2.05, 4.69) is 0 Å². The lowest BCUT2D eigenvalue weighted by atomic mass is 9.98. The zero-order chi connectivity index (χ0) is 14.5. The van der Waals surface area contributed by atoms with Crippen molar-refractivity contribution < 1.29 is 9.90 Å². The number of aryl methyl sites for hydroxylation is 1. The Kier molecular flexibility index (Phi) is 4.96. The molecule has 1 unspecified atom stereocenters. The Labute approximate surface area is 120 Å². The third-order valence-electron chi connectivity index (χ3n) is 3.86. The number of aliphatic hydroxyl groups excluding tert-OH is 1. The van der Waals surface area contributed by atoms with Crippen LogP contribution in [0.1, 0.15) is 30.9 Å². The van der Waals surface area contributed by atoms with Crippen LogP contribution in [0, 0.1) is 12.8 Å². The Hall–Kier alpha value is -1.61. The molecule has 2 rings (SSSR count). The van der Waals surface area contributed by atoms with E-state index in [-0.39, 0.29) is 18.4 Å². The molecule has 0 radical (unpaired) electrons. The van der Waals surface area contributed by atoms with E-state index in [1.54, 1.807) is 0 Å². The number of benzene rings is 1. The maximum Gasteiger partial charge on any atom is 0.249 e. The Balaban J connectivity index is 2.05. The number of likely N-dealkylation sites (tertiary alicyclic amines) is 1. The van der Waals surface area contributed by atoms with Gasteiger partial charge in [0.1, 0.15) is 0 Å². The lowest BCUT2D eigenvalue weighted by Gasteiger charge is -2.32. The van der Waals surface area contributed by atoms with Crippen LogP contribution in [0.4, 0.5) is 0 Å². The monoisotopic (exact) mass is 273 g/mol. The molecule has 1 atom stereocenters. The highest BCUT2D eigenvalue weighted by molar-refractivity contribution is 5.97. The fraction of sp³-hybridized carbons (Fsp3) is 0.471. The highest BCUT2D eigenvalue weighted by Crippen LogP contribution is 2.18. The summed E-state index contributed by atoms with van der Waals surface area (Å²) >= 11 is 0. The molecule has 0 aromatic heterocycles. The van der Waals surface area contributed by atoms with Gasteiger partial charge in [0.25, 0.3) is 0 Å². The molecule has 1 fully saturated rings. The van der Waals surface area contributed by atoms with Gasteiger partial charge in [-0.05, 0) is 44.2 Å². The smallest absolute Gasteiger partial charge is 0.249 e. The fourth-order valence-corrected chi connectivity index (χ4v) is 2.62. The Morgan fingerprint density at radius 3 is 2.75 bits per heavy atom. The van der Waals surface area contributed by atoms with Crippen molar-refractivity contribution in [1.29, 1.82) is 0 Å². The molecule has 1 aliphatic rings. The van der Waals surface area contributed by atoms with Gasteiger partial charge in [-0.1, -0.05) is 29.8 Å². The molecule has 1 aromatic carbocycles. The molecular weight excluding hydrogens is 250 g/mol. The van der Waals surface area contributed by atoms with E-state index in [9.17, 15) is 9.90 Å². The van der Waals surface area contributed by atoms with Crippen LogP contribution in [-0.4, -0.2) is 35.6 Å². The average Bonchev–Trinajstić information content (AvgIpc) is 2.48. The van der Waals surface area contributed by atoms with Gasteiger partial charge in [0, 0.05) is 25.3 Å². The van der Waals surface area contributed by atoms with Gasteiger partial charge in [0.15, 0.2) is 0 Å². The normalized spacial score (nSPS) is 20.1. The number of rotatable bonds is 3. The maximum absolute atomic E-state index is 12.4. The molecule has 3 heteroatoms.